The zero-order chi connectivity index (χ0) is 22.6. The maximum atomic E-state index is 12.2. The van der Waals surface area contributed by atoms with Crippen LogP contribution in [0, 0.1) is 0 Å². The second-order valence-corrected chi connectivity index (χ2v) is 6.88. The van der Waals surface area contributed by atoms with Crippen LogP contribution in [0.25, 0.3) is 6.08 Å². The first-order chi connectivity index (χ1) is 14.9. The predicted molar refractivity (Wildman–Crippen MR) is 118 cm³/mol. The van der Waals surface area contributed by atoms with Crippen LogP contribution < -0.4 is 10.1 Å². The normalized spacial score (nSPS) is 10.6. The first kappa shape index (κ1) is 23.7. The van der Waals surface area contributed by atoms with E-state index in [-0.39, 0.29) is 23.2 Å². The van der Waals surface area contributed by atoms with Crippen LogP contribution in [0.15, 0.2) is 48.5 Å². The van der Waals surface area contributed by atoms with Gasteiger partial charge in [-0.1, -0.05) is 25.8 Å². The van der Waals surface area contributed by atoms with Gasteiger partial charge < -0.3 is 19.9 Å². The van der Waals surface area contributed by atoms with Crippen molar-refractivity contribution in [2.45, 2.75) is 32.6 Å². The van der Waals surface area contributed by atoms with Gasteiger partial charge in [0, 0.05) is 23.7 Å². The van der Waals surface area contributed by atoms with Crippen molar-refractivity contribution in [2.75, 3.05) is 19.0 Å². The third-order valence-electron chi connectivity index (χ3n) is 4.46. The Kier molecular flexibility index (Phi) is 9.29. The Labute approximate surface area is 181 Å². The second kappa shape index (κ2) is 12.2. The van der Waals surface area contributed by atoms with Crippen LogP contribution in [0.4, 0.5) is 5.69 Å². The number of benzene rings is 2. The van der Waals surface area contributed by atoms with Crippen LogP contribution in [0.1, 0.15) is 48.5 Å². The van der Waals surface area contributed by atoms with Gasteiger partial charge in [-0.05, 0) is 54.5 Å². The van der Waals surface area contributed by atoms with Gasteiger partial charge in [-0.15, -0.1) is 0 Å². The molecule has 0 aromatic heterocycles. The summed E-state index contributed by atoms with van der Waals surface area (Å²) >= 11 is 0. The number of methoxy groups -OCH3 is 1. The number of ether oxygens (including phenoxy) is 2. The van der Waals surface area contributed by atoms with Gasteiger partial charge >= 0.3 is 5.97 Å². The Morgan fingerprint density at radius 3 is 2.48 bits per heavy atom. The summed E-state index contributed by atoms with van der Waals surface area (Å²) in [6.45, 7) is 1.68. The summed E-state index contributed by atoms with van der Waals surface area (Å²) < 4.78 is 9.99. The first-order valence-corrected chi connectivity index (χ1v) is 10.1. The molecule has 0 spiro atoms. The molecule has 31 heavy (non-hydrogen) atoms. The summed E-state index contributed by atoms with van der Waals surface area (Å²) in [5, 5.41) is 12.4. The molecule has 0 saturated heterocycles. The molecule has 1 amide bonds. The number of ketones is 1. The largest absolute Gasteiger partial charge is 0.504 e. The van der Waals surface area contributed by atoms with Crippen molar-refractivity contribution in [2.24, 2.45) is 0 Å². The van der Waals surface area contributed by atoms with Gasteiger partial charge in [-0.2, -0.15) is 0 Å². The van der Waals surface area contributed by atoms with E-state index < -0.39 is 12.6 Å². The Morgan fingerprint density at radius 2 is 1.81 bits per heavy atom. The monoisotopic (exact) mass is 425 g/mol. The zero-order valence-corrected chi connectivity index (χ0v) is 17.7. The maximum absolute atomic E-state index is 12.2. The number of carbonyl (C=O) groups is 3. The van der Waals surface area contributed by atoms with E-state index >= 15 is 0 Å². The lowest BCUT2D eigenvalue weighted by molar-refractivity contribution is -0.136. The molecule has 2 aromatic rings. The predicted octanol–water partition coefficient (Wildman–Crippen LogP) is 4.36. The third-order valence-corrected chi connectivity index (χ3v) is 4.46. The highest BCUT2D eigenvalue weighted by Gasteiger charge is 2.10. The molecule has 0 aliphatic rings. The lowest BCUT2D eigenvalue weighted by atomic mass is 10.1. The quantitative estimate of drug-likeness (QED) is 0.240. The van der Waals surface area contributed by atoms with Gasteiger partial charge in [-0.3, -0.25) is 9.59 Å². The molecular formula is C24H27NO6. The average molecular weight is 425 g/mol. The van der Waals surface area contributed by atoms with Crippen molar-refractivity contribution in [1.82, 2.24) is 0 Å². The number of phenolic OH excluding ortho intramolecular Hbond substituents is 1. The summed E-state index contributed by atoms with van der Waals surface area (Å²) in [5.41, 5.74) is 1.62. The molecule has 7 heteroatoms. The fourth-order valence-electron chi connectivity index (χ4n) is 2.73. The Hall–Kier alpha value is -3.61. The Bertz CT molecular complexity index is 934. The number of unbranched alkanes of at least 4 members (excludes halogenated alkanes) is 2. The van der Waals surface area contributed by atoms with Gasteiger partial charge in [0.15, 0.2) is 23.9 Å². The smallest absolute Gasteiger partial charge is 0.331 e. The molecular weight excluding hydrogens is 398 g/mol. The molecule has 0 radical (unpaired) electrons. The number of rotatable bonds is 11. The highest BCUT2D eigenvalue weighted by molar-refractivity contribution is 5.99. The Morgan fingerprint density at radius 1 is 1.06 bits per heavy atom. The molecule has 0 fully saturated rings. The summed E-state index contributed by atoms with van der Waals surface area (Å²) in [5.74, 6) is -0.800. The fourth-order valence-corrected chi connectivity index (χ4v) is 2.73. The third kappa shape index (κ3) is 7.97. The minimum Gasteiger partial charge on any atom is -0.504 e. The van der Waals surface area contributed by atoms with Gasteiger partial charge in [0.25, 0.3) is 0 Å². The van der Waals surface area contributed by atoms with E-state index in [1.54, 1.807) is 36.4 Å². The van der Waals surface area contributed by atoms with Crippen molar-refractivity contribution in [3.8, 4) is 11.5 Å². The van der Waals surface area contributed by atoms with E-state index in [4.69, 9.17) is 9.47 Å². The van der Waals surface area contributed by atoms with Crippen LogP contribution in [0.5, 0.6) is 11.5 Å². The van der Waals surface area contributed by atoms with Gasteiger partial charge in [-0.25, -0.2) is 4.79 Å². The van der Waals surface area contributed by atoms with E-state index in [0.717, 1.165) is 19.3 Å². The number of phenols is 1. The lowest BCUT2D eigenvalue weighted by Crippen LogP contribution is -2.13. The summed E-state index contributed by atoms with van der Waals surface area (Å²) in [4.78, 5) is 35.9. The van der Waals surface area contributed by atoms with E-state index in [1.807, 2.05) is 0 Å². The number of aromatic hydroxyl groups is 1. The van der Waals surface area contributed by atoms with Crippen LogP contribution in [0.2, 0.25) is 0 Å². The molecule has 0 unspecified atom stereocenters. The van der Waals surface area contributed by atoms with E-state index in [9.17, 15) is 19.5 Å². The SMILES string of the molecule is CCCCCC(=O)Nc1ccc(C(=O)COC(=O)/C=C/c2ccc(O)c(OC)c2)cc1. The number of hydrogen-bond acceptors (Lipinski definition) is 6. The molecule has 2 rings (SSSR count). The van der Waals surface area contributed by atoms with E-state index in [0.29, 0.717) is 23.2 Å². The second-order valence-electron chi connectivity index (χ2n) is 6.88. The molecule has 0 atom stereocenters. The van der Waals surface area contributed by atoms with Crippen LogP contribution in [0.3, 0.4) is 0 Å². The van der Waals surface area contributed by atoms with E-state index in [1.165, 1.54) is 25.3 Å². The molecule has 164 valence electrons. The molecule has 0 aliphatic heterocycles. The van der Waals surface area contributed by atoms with Crippen molar-refractivity contribution in [1.29, 1.82) is 0 Å². The van der Waals surface area contributed by atoms with Crippen LogP contribution >= 0.6 is 0 Å². The van der Waals surface area contributed by atoms with Crippen LogP contribution in [-0.2, 0) is 14.3 Å². The van der Waals surface area contributed by atoms with Gasteiger partial charge in [0.2, 0.25) is 5.91 Å². The van der Waals surface area contributed by atoms with E-state index in [2.05, 4.69) is 12.2 Å². The van der Waals surface area contributed by atoms with Gasteiger partial charge in [0.05, 0.1) is 7.11 Å². The summed E-state index contributed by atoms with van der Waals surface area (Å²) in [6, 6.07) is 11.1. The molecule has 2 aromatic carbocycles. The average Bonchev–Trinajstić information content (AvgIpc) is 2.77. The van der Waals surface area contributed by atoms with Crippen molar-refractivity contribution < 1.29 is 29.0 Å². The number of amides is 1. The standard InChI is InChI=1S/C24H27NO6/c1-3-4-5-6-23(28)25-19-11-9-18(10-12-19)21(27)16-31-24(29)14-8-17-7-13-20(26)22(15-17)30-2/h7-15,26H,3-6,16H2,1-2H3,(H,25,28)/b14-8+. The molecule has 0 saturated carbocycles. The number of nitrogens with one attached hydrogen (secondary N) is 1. The molecule has 2 N–H and O–H groups in total. The topological polar surface area (TPSA) is 102 Å². The first-order valence-electron chi connectivity index (χ1n) is 10.1. The molecule has 0 bridgehead atoms. The highest BCUT2D eigenvalue weighted by atomic mass is 16.5. The fraction of sp³-hybridized carbons (Fsp3) is 0.292. The number of anilines is 1. The molecule has 7 nitrogen and oxygen atoms in total. The van der Waals surface area contributed by atoms with Crippen molar-refractivity contribution in [3.05, 3.63) is 59.7 Å². The van der Waals surface area contributed by atoms with Crippen LogP contribution in [-0.4, -0.2) is 36.5 Å². The van der Waals surface area contributed by atoms with Crippen molar-refractivity contribution >= 4 is 29.4 Å². The molecule has 0 heterocycles. The number of carbonyl (C=O) groups excluding carboxylic acids is 3. The zero-order valence-electron chi connectivity index (χ0n) is 17.7. The maximum Gasteiger partial charge on any atom is 0.331 e. The number of hydrogen-bond donors (Lipinski definition) is 2. The number of Topliss-reactive ketones (excluding diaryl/α,β-unsaturated/α-hetero) is 1. The lowest BCUT2D eigenvalue weighted by Gasteiger charge is -2.06. The summed E-state index contributed by atoms with van der Waals surface area (Å²) in [6.07, 6.45) is 6.06. The highest BCUT2D eigenvalue weighted by Crippen LogP contribution is 2.26. The van der Waals surface area contributed by atoms with Gasteiger partial charge in [0.1, 0.15) is 0 Å². The van der Waals surface area contributed by atoms with Crippen molar-refractivity contribution in [3.63, 3.8) is 0 Å². The number of esters is 1. The Balaban J connectivity index is 1.82. The minimum absolute atomic E-state index is 0.00472. The molecule has 0 aliphatic carbocycles. The summed E-state index contributed by atoms with van der Waals surface area (Å²) in [7, 11) is 1.43. The minimum atomic E-state index is -0.670.